The first-order valence-electron chi connectivity index (χ1n) is 8.91. The molecule has 4 rings (SSSR count). The molecule has 0 atom stereocenters. The average Bonchev–Trinajstić information content (AvgIpc) is 3.16. The van der Waals surface area contributed by atoms with Crippen LogP contribution in [0.5, 0.6) is 5.75 Å². The lowest BCUT2D eigenvalue weighted by Gasteiger charge is -2.34. The molecule has 1 aliphatic rings. The van der Waals surface area contributed by atoms with Crippen molar-refractivity contribution in [1.82, 2.24) is 9.88 Å². The Hall–Kier alpha value is -2.02. The van der Waals surface area contributed by atoms with E-state index in [1.54, 1.807) is 36.6 Å². The number of aromatic nitrogens is 1. The first kappa shape index (κ1) is 19.3. The summed E-state index contributed by atoms with van der Waals surface area (Å²) in [5.41, 5.74) is 2.53. The van der Waals surface area contributed by atoms with Crippen molar-refractivity contribution in [2.75, 3.05) is 38.2 Å². The van der Waals surface area contributed by atoms with E-state index < -0.39 is 0 Å². The van der Waals surface area contributed by atoms with Crippen molar-refractivity contribution >= 4 is 55.8 Å². The lowest BCUT2D eigenvalue weighted by Crippen LogP contribution is -2.48. The summed E-state index contributed by atoms with van der Waals surface area (Å²) in [7, 11) is 1.66. The molecule has 0 spiro atoms. The summed E-state index contributed by atoms with van der Waals surface area (Å²) in [6.07, 6.45) is 0. The van der Waals surface area contributed by atoms with Gasteiger partial charge in [0.05, 0.1) is 22.4 Å². The zero-order chi connectivity index (χ0) is 19.8. The number of carbonyl (C=O) groups excluding carboxylic acids is 1. The van der Waals surface area contributed by atoms with Gasteiger partial charge < -0.3 is 14.5 Å². The third kappa shape index (κ3) is 3.52. The van der Waals surface area contributed by atoms with Gasteiger partial charge in [0, 0.05) is 31.2 Å². The number of benzene rings is 2. The predicted molar refractivity (Wildman–Crippen MR) is 115 cm³/mol. The minimum atomic E-state index is -0.0889. The fourth-order valence-electron chi connectivity index (χ4n) is 3.33. The highest BCUT2D eigenvalue weighted by Gasteiger charge is 2.26. The molecule has 0 unspecified atom stereocenters. The van der Waals surface area contributed by atoms with Gasteiger partial charge in [-0.3, -0.25) is 4.79 Å². The number of ether oxygens (including phenoxy) is 1. The van der Waals surface area contributed by atoms with Gasteiger partial charge in [0.25, 0.3) is 5.91 Å². The van der Waals surface area contributed by atoms with Crippen molar-refractivity contribution in [2.24, 2.45) is 0 Å². The fraction of sp³-hybridized carbons (Fsp3) is 0.300. The van der Waals surface area contributed by atoms with Crippen LogP contribution in [0.3, 0.4) is 0 Å². The number of thiazole rings is 1. The number of nitrogens with zero attached hydrogens (tertiary/aromatic N) is 3. The molecule has 0 aliphatic carbocycles. The second-order valence-corrected chi connectivity index (χ2v) is 8.48. The number of aryl methyl sites for hydroxylation is 1. The van der Waals surface area contributed by atoms with Crippen LogP contribution in [0.4, 0.5) is 5.13 Å². The van der Waals surface area contributed by atoms with Gasteiger partial charge in [-0.2, -0.15) is 0 Å². The number of amides is 1. The summed E-state index contributed by atoms with van der Waals surface area (Å²) in [4.78, 5) is 21.6. The molecule has 3 aromatic rings. The minimum absolute atomic E-state index is 0.0889. The molecule has 1 aliphatic heterocycles. The Morgan fingerprint density at radius 2 is 1.89 bits per heavy atom. The molecule has 0 saturated carbocycles. The predicted octanol–water partition coefficient (Wildman–Crippen LogP) is 4.88. The average molecular weight is 436 g/mol. The second kappa shape index (κ2) is 7.78. The summed E-state index contributed by atoms with van der Waals surface area (Å²) in [5.74, 6) is 0.696. The van der Waals surface area contributed by atoms with E-state index in [1.807, 2.05) is 11.0 Å². The number of rotatable bonds is 3. The number of piperazine rings is 1. The lowest BCUT2D eigenvalue weighted by atomic mass is 10.2. The summed E-state index contributed by atoms with van der Waals surface area (Å²) in [6.45, 7) is 4.72. The van der Waals surface area contributed by atoms with E-state index in [0.717, 1.165) is 21.1 Å². The van der Waals surface area contributed by atoms with Crippen molar-refractivity contribution < 1.29 is 9.53 Å². The van der Waals surface area contributed by atoms with Crippen LogP contribution in [0.2, 0.25) is 10.0 Å². The molecule has 0 bridgehead atoms. The molecule has 1 fully saturated rings. The molecule has 2 heterocycles. The van der Waals surface area contributed by atoms with E-state index in [0.29, 0.717) is 41.8 Å². The number of hydrogen-bond donors (Lipinski definition) is 0. The van der Waals surface area contributed by atoms with Gasteiger partial charge >= 0.3 is 0 Å². The largest absolute Gasteiger partial charge is 0.494 e. The zero-order valence-corrected chi connectivity index (χ0v) is 17.9. The van der Waals surface area contributed by atoms with Gasteiger partial charge in [-0.1, -0.05) is 40.6 Å². The molecular weight excluding hydrogens is 417 g/mol. The lowest BCUT2D eigenvalue weighted by molar-refractivity contribution is 0.0747. The molecule has 1 amide bonds. The molecule has 1 saturated heterocycles. The van der Waals surface area contributed by atoms with Gasteiger partial charge in [0.1, 0.15) is 11.3 Å². The number of fused-ring (bicyclic) bond motifs is 1. The standard InChI is InChI=1S/C20H19Cl2N3O2S/c1-12-3-6-16(27-2)17-18(12)28-20(23-17)25-9-7-24(8-10-25)19(26)14-11-13(21)4-5-15(14)22/h3-6,11H,7-10H2,1-2H3. The Bertz CT molecular complexity index is 1050. The minimum Gasteiger partial charge on any atom is -0.494 e. The highest BCUT2D eigenvalue weighted by atomic mass is 35.5. The van der Waals surface area contributed by atoms with E-state index >= 15 is 0 Å². The molecule has 28 heavy (non-hydrogen) atoms. The van der Waals surface area contributed by atoms with E-state index in [4.69, 9.17) is 32.9 Å². The fourth-order valence-corrected chi connectivity index (χ4v) is 4.80. The molecule has 0 N–H and O–H groups in total. The van der Waals surface area contributed by atoms with Crippen LogP contribution >= 0.6 is 34.5 Å². The summed E-state index contributed by atoms with van der Waals surface area (Å²) < 4.78 is 6.59. The van der Waals surface area contributed by atoms with Crippen LogP contribution in [-0.4, -0.2) is 49.1 Å². The van der Waals surface area contributed by atoms with Crippen LogP contribution in [0.1, 0.15) is 15.9 Å². The van der Waals surface area contributed by atoms with Crippen LogP contribution in [0.15, 0.2) is 30.3 Å². The van der Waals surface area contributed by atoms with Crippen LogP contribution in [-0.2, 0) is 0 Å². The van der Waals surface area contributed by atoms with Crippen LogP contribution in [0, 0.1) is 6.92 Å². The van der Waals surface area contributed by atoms with Gasteiger partial charge in [-0.15, -0.1) is 0 Å². The second-order valence-electron chi connectivity index (χ2n) is 6.66. The number of carbonyl (C=O) groups is 1. The third-order valence-corrected chi connectivity index (χ3v) is 6.72. The Morgan fingerprint density at radius 1 is 1.14 bits per heavy atom. The topological polar surface area (TPSA) is 45.7 Å². The van der Waals surface area contributed by atoms with Crippen molar-refractivity contribution in [3.05, 3.63) is 51.5 Å². The van der Waals surface area contributed by atoms with Gasteiger partial charge in [0.15, 0.2) is 5.13 Å². The molecule has 2 aromatic carbocycles. The molecule has 5 nitrogen and oxygen atoms in total. The van der Waals surface area contributed by atoms with E-state index in [2.05, 4.69) is 17.9 Å². The molecule has 0 radical (unpaired) electrons. The maximum absolute atomic E-state index is 12.8. The summed E-state index contributed by atoms with van der Waals surface area (Å²) in [6, 6.07) is 8.97. The maximum atomic E-state index is 12.8. The van der Waals surface area contributed by atoms with Gasteiger partial charge in [0.2, 0.25) is 0 Å². The molecular formula is C20H19Cl2N3O2S. The SMILES string of the molecule is COc1ccc(C)c2sc(N3CCN(C(=O)c4cc(Cl)ccc4Cl)CC3)nc12. The van der Waals surface area contributed by atoms with Crippen molar-refractivity contribution in [2.45, 2.75) is 6.92 Å². The maximum Gasteiger partial charge on any atom is 0.255 e. The third-order valence-electron chi connectivity index (χ3n) is 4.91. The highest BCUT2D eigenvalue weighted by Crippen LogP contribution is 2.36. The van der Waals surface area contributed by atoms with Crippen molar-refractivity contribution in [3.8, 4) is 5.75 Å². The first-order chi connectivity index (χ1) is 13.5. The van der Waals surface area contributed by atoms with Crippen LogP contribution in [0.25, 0.3) is 10.2 Å². The number of halogens is 2. The Balaban J connectivity index is 1.51. The van der Waals surface area contributed by atoms with Gasteiger partial charge in [-0.05, 0) is 36.8 Å². The van der Waals surface area contributed by atoms with Crippen LogP contribution < -0.4 is 9.64 Å². The van der Waals surface area contributed by atoms with E-state index in [1.165, 1.54) is 5.56 Å². The molecule has 1 aromatic heterocycles. The summed E-state index contributed by atoms with van der Waals surface area (Å²) >= 11 is 13.9. The number of anilines is 1. The van der Waals surface area contributed by atoms with Crippen molar-refractivity contribution in [1.29, 1.82) is 0 Å². The smallest absolute Gasteiger partial charge is 0.255 e. The van der Waals surface area contributed by atoms with E-state index in [9.17, 15) is 4.79 Å². The Labute approximate surface area is 177 Å². The molecule has 146 valence electrons. The monoisotopic (exact) mass is 435 g/mol. The quantitative estimate of drug-likeness (QED) is 0.587. The Morgan fingerprint density at radius 3 is 2.61 bits per heavy atom. The highest BCUT2D eigenvalue weighted by molar-refractivity contribution is 7.22. The van der Waals surface area contributed by atoms with E-state index in [-0.39, 0.29) is 5.91 Å². The Kier molecular flexibility index (Phi) is 5.36. The normalized spacial score (nSPS) is 14.6. The number of methoxy groups -OCH3 is 1. The molecule has 8 heteroatoms. The first-order valence-corrected chi connectivity index (χ1v) is 10.5. The van der Waals surface area contributed by atoms with Gasteiger partial charge in [-0.25, -0.2) is 4.98 Å². The zero-order valence-electron chi connectivity index (χ0n) is 15.5. The van der Waals surface area contributed by atoms with Crippen molar-refractivity contribution in [3.63, 3.8) is 0 Å². The number of hydrogen-bond acceptors (Lipinski definition) is 5. The summed E-state index contributed by atoms with van der Waals surface area (Å²) in [5, 5.41) is 1.88.